The smallest absolute Gasteiger partial charge is 0.323 e. The van der Waals surface area contributed by atoms with Crippen molar-refractivity contribution in [1.29, 1.82) is 0 Å². The lowest BCUT2D eigenvalue weighted by Gasteiger charge is -2.16. The second-order valence-corrected chi connectivity index (χ2v) is 4.70. The summed E-state index contributed by atoms with van der Waals surface area (Å²) in [6, 6.07) is 3.21. The Hall–Kier alpha value is -1.62. The van der Waals surface area contributed by atoms with E-state index in [2.05, 4.69) is 5.32 Å². The first-order chi connectivity index (χ1) is 7.83. The highest BCUT2D eigenvalue weighted by Gasteiger charge is 2.45. The van der Waals surface area contributed by atoms with Gasteiger partial charge >= 0.3 is 6.03 Å². The number of nitrogens with one attached hydrogen (secondary N) is 1. The van der Waals surface area contributed by atoms with Crippen LogP contribution in [0.2, 0.25) is 5.02 Å². The van der Waals surface area contributed by atoms with Gasteiger partial charge in [-0.1, -0.05) is 11.6 Å². The van der Waals surface area contributed by atoms with Crippen LogP contribution < -0.4 is 10.2 Å². The number of anilines is 1. The molecular formula is C11H10ClFN2O2. The molecule has 17 heavy (non-hydrogen) atoms. The van der Waals surface area contributed by atoms with Gasteiger partial charge in [-0.15, -0.1) is 0 Å². The molecule has 0 saturated carbocycles. The Morgan fingerprint density at radius 1 is 1.35 bits per heavy atom. The summed E-state index contributed by atoms with van der Waals surface area (Å²) >= 11 is 5.54. The van der Waals surface area contributed by atoms with Crippen LogP contribution in [-0.2, 0) is 4.79 Å². The first-order valence-corrected chi connectivity index (χ1v) is 5.32. The second kappa shape index (κ2) is 3.70. The molecule has 3 amide bonds. The first-order valence-electron chi connectivity index (χ1n) is 4.95. The maximum atomic E-state index is 13.3. The molecule has 6 heteroatoms. The number of urea groups is 1. The lowest BCUT2D eigenvalue weighted by molar-refractivity contribution is -0.120. The van der Waals surface area contributed by atoms with Crippen LogP contribution in [0.4, 0.5) is 14.9 Å². The molecule has 1 aromatic carbocycles. The van der Waals surface area contributed by atoms with Gasteiger partial charge in [0.1, 0.15) is 11.4 Å². The molecule has 1 aliphatic rings. The Labute approximate surface area is 102 Å². The van der Waals surface area contributed by atoms with E-state index >= 15 is 0 Å². The summed E-state index contributed by atoms with van der Waals surface area (Å²) in [4.78, 5) is 24.5. The van der Waals surface area contributed by atoms with Crippen molar-refractivity contribution in [3.8, 4) is 0 Å². The van der Waals surface area contributed by atoms with Crippen LogP contribution in [-0.4, -0.2) is 17.5 Å². The highest BCUT2D eigenvalue weighted by molar-refractivity contribution is 6.31. The van der Waals surface area contributed by atoms with Crippen molar-refractivity contribution in [2.75, 3.05) is 4.90 Å². The summed E-state index contributed by atoms with van der Waals surface area (Å²) in [5.74, 6) is -1.10. The predicted molar refractivity (Wildman–Crippen MR) is 61.5 cm³/mol. The first kappa shape index (κ1) is 11.9. The average molecular weight is 257 g/mol. The highest BCUT2D eigenvalue weighted by Crippen LogP contribution is 2.27. The molecule has 0 aromatic heterocycles. The van der Waals surface area contributed by atoms with Crippen molar-refractivity contribution in [2.24, 2.45) is 0 Å². The Kier molecular flexibility index (Phi) is 2.58. The Bertz CT molecular complexity index is 516. The van der Waals surface area contributed by atoms with Crippen LogP contribution in [0.25, 0.3) is 0 Å². The van der Waals surface area contributed by atoms with Crippen LogP contribution in [0.3, 0.4) is 0 Å². The normalized spacial score (nSPS) is 18.5. The van der Waals surface area contributed by atoms with Crippen molar-refractivity contribution in [3.05, 3.63) is 29.0 Å². The lowest BCUT2D eigenvalue weighted by atomic mass is 10.1. The molecular weight excluding hydrogens is 247 g/mol. The molecule has 1 N–H and O–H groups in total. The number of carbonyl (C=O) groups is 2. The topological polar surface area (TPSA) is 49.4 Å². The van der Waals surface area contributed by atoms with Crippen LogP contribution >= 0.6 is 11.6 Å². The van der Waals surface area contributed by atoms with Crippen LogP contribution in [0.5, 0.6) is 0 Å². The molecule has 2 rings (SSSR count). The van der Waals surface area contributed by atoms with E-state index in [1.807, 2.05) is 0 Å². The number of halogens is 2. The zero-order valence-electron chi connectivity index (χ0n) is 9.25. The van der Waals surface area contributed by atoms with Gasteiger partial charge in [-0.3, -0.25) is 4.79 Å². The molecule has 0 unspecified atom stereocenters. The molecule has 0 atom stereocenters. The summed E-state index contributed by atoms with van der Waals surface area (Å²) in [6.45, 7) is 3.17. The SMILES string of the molecule is CC1(C)NC(=O)N(c2ccc(Cl)c(F)c2)C1=O. The zero-order chi connectivity index (χ0) is 12.8. The van der Waals surface area contributed by atoms with Crippen LogP contribution in [0.15, 0.2) is 18.2 Å². The van der Waals surface area contributed by atoms with Gasteiger partial charge in [-0.25, -0.2) is 14.1 Å². The Morgan fingerprint density at radius 3 is 2.47 bits per heavy atom. The molecule has 1 saturated heterocycles. The van der Waals surface area contributed by atoms with Crippen molar-refractivity contribution in [1.82, 2.24) is 5.32 Å². The molecule has 4 nitrogen and oxygen atoms in total. The second-order valence-electron chi connectivity index (χ2n) is 4.29. The van der Waals surface area contributed by atoms with Gasteiger partial charge in [-0.2, -0.15) is 0 Å². The van der Waals surface area contributed by atoms with Crippen LogP contribution in [0, 0.1) is 5.82 Å². The van der Waals surface area contributed by atoms with Crippen molar-refractivity contribution in [3.63, 3.8) is 0 Å². The summed E-state index contributed by atoms with van der Waals surface area (Å²) in [5, 5.41) is 2.45. The van der Waals surface area contributed by atoms with E-state index in [0.717, 1.165) is 11.0 Å². The standard InChI is InChI=1S/C11H10ClFN2O2/c1-11(2)9(16)15(10(17)14-11)6-3-4-7(12)8(13)5-6/h3-5H,1-2H3,(H,14,17). The fourth-order valence-electron chi connectivity index (χ4n) is 1.61. The number of imide groups is 1. The van der Waals surface area contributed by atoms with Gasteiger partial charge in [0, 0.05) is 0 Å². The van der Waals surface area contributed by atoms with E-state index in [1.54, 1.807) is 13.8 Å². The monoisotopic (exact) mass is 256 g/mol. The quantitative estimate of drug-likeness (QED) is 0.784. The fourth-order valence-corrected chi connectivity index (χ4v) is 1.72. The molecule has 1 fully saturated rings. The molecule has 1 aliphatic heterocycles. The largest absolute Gasteiger partial charge is 0.329 e. The number of rotatable bonds is 1. The number of hydrogen-bond donors (Lipinski definition) is 1. The summed E-state index contributed by atoms with van der Waals surface area (Å²) in [6.07, 6.45) is 0. The lowest BCUT2D eigenvalue weighted by Crippen LogP contribution is -2.40. The molecule has 1 heterocycles. The van der Waals surface area contributed by atoms with Gasteiger partial charge in [0.15, 0.2) is 0 Å². The van der Waals surface area contributed by atoms with Crippen molar-refractivity contribution >= 4 is 29.2 Å². The maximum absolute atomic E-state index is 13.3. The minimum atomic E-state index is -0.979. The number of benzene rings is 1. The van der Waals surface area contributed by atoms with Gasteiger partial charge < -0.3 is 5.32 Å². The van der Waals surface area contributed by atoms with E-state index in [0.29, 0.717) is 0 Å². The Balaban J connectivity index is 2.44. The third-order valence-electron chi connectivity index (χ3n) is 2.52. The third-order valence-corrected chi connectivity index (χ3v) is 2.83. The van der Waals surface area contributed by atoms with E-state index in [9.17, 15) is 14.0 Å². The maximum Gasteiger partial charge on any atom is 0.329 e. The van der Waals surface area contributed by atoms with Gasteiger partial charge in [0.2, 0.25) is 0 Å². The van der Waals surface area contributed by atoms with E-state index in [4.69, 9.17) is 11.6 Å². The fraction of sp³-hybridized carbons (Fsp3) is 0.273. The van der Waals surface area contributed by atoms with E-state index < -0.39 is 23.3 Å². The molecule has 1 aromatic rings. The van der Waals surface area contributed by atoms with Gasteiger partial charge in [0.25, 0.3) is 5.91 Å². The molecule has 0 bridgehead atoms. The summed E-state index contributed by atoms with van der Waals surface area (Å²) < 4.78 is 13.3. The Morgan fingerprint density at radius 2 is 2.00 bits per heavy atom. The minimum Gasteiger partial charge on any atom is -0.323 e. The predicted octanol–water partition coefficient (Wildman–Crippen LogP) is 2.31. The van der Waals surface area contributed by atoms with E-state index in [-0.39, 0.29) is 10.7 Å². The molecule has 90 valence electrons. The zero-order valence-corrected chi connectivity index (χ0v) is 10.0. The van der Waals surface area contributed by atoms with Gasteiger partial charge in [-0.05, 0) is 32.0 Å². The molecule has 0 radical (unpaired) electrons. The van der Waals surface area contributed by atoms with Crippen LogP contribution in [0.1, 0.15) is 13.8 Å². The summed E-state index contributed by atoms with van der Waals surface area (Å²) in [7, 11) is 0. The minimum absolute atomic E-state index is 0.0555. The van der Waals surface area contributed by atoms with E-state index in [1.165, 1.54) is 12.1 Å². The number of carbonyl (C=O) groups excluding carboxylic acids is 2. The summed E-state index contributed by atoms with van der Waals surface area (Å²) in [5.41, 5.74) is -0.812. The number of nitrogens with zero attached hydrogens (tertiary/aromatic N) is 1. The molecule has 0 spiro atoms. The third kappa shape index (κ3) is 1.86. The van der Waals surface area contributed by atoms with Crippen molar-refractivity contribution < 1.29 is 14.0 Å². The highest BCUT2D eigenvalue weighted by atomic mass is 35.5. The molecule has 0 aliphatic carbocycles. The van der Waals surface area contributed by atoms with Crippen molar-refractivity contribution in [2.45, 2.75) is 19.4 Å². The number of hydrogen-bond acceptors (Lipinski definition) is 2. The number of amides is 3. The average Bonchev–Trinajstić information content (AvgIpc) is 2.42. The van der Waals surface area contributed by atoms with Gasteiger partial charge in [0.05, 0.1) is 10.7 Å².